The largest absolute Gasteiger partial charge is 0.371 e. The lowest BCUT2D eigenvalue weighted by Gasteiger charge is -2.12. The molecule has 4 aromatic rings. The van der Waals surface area contributed by atoms with Crippen LogP contribution in [0.25, 0.3) is 16.7 Å². The maximum Gasteiger partial charge on any atom is 0.221 e. The molecule has 6 nitrogen and oxygen atoms in total. The van der Waals surface area contributed by atoms with Gasteiger partial charge in [0.1, 0.15) is 22.3 Å². The van der Waals surface area contributed by atoms with E-state index in [0.29, 0.717) is 16.0 Å². The van der Waals surface area contributed by atoms with Crippen LogP contribution in [0.3, 0.4) is 0 Å². The van der Waals surface area contributed by atoms with E-state index in [1.54, 1.807) is 17.6 Å². The highest BCUT2D eigenvalue weighted by atomic mass is 32.1. The van der Waals surface area contributed by atoms with Gasteiger partial charge in [-0.05, 0) is 19.1 Å². The number of hydrogen-bond donors (Lipinski definition) is 2. The summed E-state index contributed by atoms with van der Waals surface area (Å²) in [7, 11) is 0. The van der Waals surface area contributed by atoms with E-state index < -0.39 is 17.2 Å². The van der Waals surface area contributed by atoms with E-state index in [1.165, 1.54) is 41.3 Å². The van der Waals surface area contributed by atoms with Gasteiger partial charge in [0.15, 0.2) is 5.60 Å². The first kappa shape index (κ1) is 18.0. The van der Waals surface area contributed by atoms with Crippen molar-refractivity contribution < 1.29 is 13.9 Å². The summed E-state index contributed by atoms with van der Waals surface area (Å²) in [6.45, 7) is 1.46. The summed E-state index contributed by atoms with van der Waals surface area (Å²) in [5.74, 6) is 3.59. The van der Waals surface area contributed by atoms with E-state index in [0.717, 1.165) is 6.07 Å². The number of hydrogen-bond acceptors (Lipinski definition) is 6. The van der Waals surface area contributed by atoms with Gasteiger partial charge in [0.25, 0.3) is 0 Å². The van der Waals surface area contributed by atoms with Gasteiger partial charge in [-0.1, -0.05) is 11.8 Å². The topological polar surface area (TPSA) is 89.8 Å². The van der Waals surface area contributed by atoms with E-state index in [4.69, 9.17) is 5.73 Å². The normalized spacial score (nSPS) is 13.1. The first-order chi connectivity index (χ1) is 13.3. The smallest absolute Gasteiger partial charge is 0.221 e. The monoisotopic (exact) mass is 397 g/mol. The van der Waals surface area contributed by atoms with Crippen molar-refractivity contribution in [3.63, 3.8) is 0 Å². The third kappa shape index (κ3) is 3.19. The van der Waals surface area contributed by atoms with Crippen molar-refractivity contribution in [1.29, 1.82) is 0 Å². The molecule has 0 bridgehead atoms. The molecule has 0 aliphatic rings. The van der Waals surface area contributed by atoms with Crippen LogP contribution in [0.5, 0.6) is 0 Å². The number of nitrogen functional groups attached to an aromatic ring is 1. The molecule has 1 aromatic carbocycles. The summed E-state index contributed by atoms with van der Waals surface area (Å²) < 4.78 is 30.2. The summed E-state index contributed by atoms with van der Waals surface area (Å²) in [5.41, 5.74) is 4.42. The van der Waals surface area contributed by atoms with Gasteiger partial charge in [0.2, 0.25) is 5.95 Å². The molecular weight excluding hydrogens is 384 g/mol. The lowest BCUT2D eigenvalue weighted by atomic mass is 10.1. The lowest BCUT2D eigenvalue weighted by molar-refractivity contribution is 0.122. The maximum atomic E-state index is 14.5. The summed E-state index contributed by atoms with van der Waals surface area (Å²) >= 11 is 1.23. The molecule has 28 heavy (non-hydrogen) atoms. The van der Waals surface area contributed by atoms with E-state index in [-0.39, 0.29) is 17.2 Å². The van der Waals surface area contributed by atoms with Crippen molar-refractivity contribution in [3.05, 3.63) is 64.4 Å². The minimum atomic E-state index is -1.56. The molecule has 0 aliphatic heterocycles. The Morgan fingerprint density at radius 2 is 2.07 bits per heavy atom. The Hall–Kier alpha value is -3.35. The molecule has 9 heteroatoms. The first-order valence-electron chi connectivity index (χ1n) is 8.10. The molecule has 0 spiro atoms. The van der Waals surface area contributed by atoms with Crippen LogP contribution >= 0.6 is 11.3 Å². The standard InChI is InChI=1S/C19H13F2N5OS/c1-19(27,17-23-5-7-28-17)4-2-11-8-15(14(21)9-13(11)20)26-6-3-12-10-24-18(22)25-16(12)26/h3,5-10,27H,1H3,(H2,22,24,25). The highest BCUT2D eigenvalue weighted by Crippen LogP contribution is 2.25. The predicted octanol–water partition coefficient (Wildman–Crippen LogP) is 3.00. The Balaban J connectivity index is 1.82. The molecule has 4 rings (SSSR count). The van der Waals surface area contributed by atoms with E-state index in [2.05, 4.69) is 26.8 Å². The van der Waals surface area contributed by atoms with Crippen LogP contribution in [-0.4, -0.2) is 24.6 Å². The fourth-order valence-electron chi connectivity index (χ4n) is 2.65. The van der Waals surface area contributed by atoms with Gasteiger partial charge in [-0.25, -0.2) is 18.7 Å². The second-order valence-electron chi connectivity index (χ2n) is 6.14. The molecule has 0 fully saturated rings. The summed E-state index contributed by atoms with van der Waals surface area (Å²) in [5, 5.41) is 13.2. The lowest BCUT2D eigenvalue weighted by Crippen LogP contribution is -2.18. The predicted molar refractivity (Wildman–Crippen MR) is 102 cm³/mol. The van der Waals surface area contributed by atoms with E-state index in [1.807, 2.05) is 0 Å². The summed E-state index contributed by atoms with van der Waals surface area (Å²) in [6.07, 6.45) is 4.64. The first-order valence-corrected chi connectivity index (χ1v) is 8.97. The van der Waals surface area contributed by atoms with Gasteiger partial charge in [-0.15, -0.1) is 11.3 Å². The highest BCUT2D eigenvalue weighted by molar-refractivity contribution is 7.09. The van der Waals surface area contributed by atoms with E-state index >= 15 is 0 Å². The number of aliphatic hydroxyl groups is 1. The Kier molecular flexibility index (Phi) is 4.30. The third-order valence-corrected chi connectivity index (χ3v) is 5.02. The van der Waals surface area contributed by atoms with Crippen molar-refractivity contribution in [1.82, 2.24) is 19.5 Å². The van der Waals surface area contributed by atoms with Gasteiger partial charge in [0.05, 0.1) is 11.3 Å². The molecule has 3 N–H and O–H groups in total. The SMILES string of the molecule is CC(O)(C#Cc1cc(-n2ccc3cnc(N)nc32)c(F)cc1F)c1nccs1. The molecule has 1 atom stereocenters. The Labute approximate surface area is 162 Å². The molecular formula is C19H13F2N5OS. The highest BCUT2D eigenvalue weighted by Gasteiger charge is 2.23. The van der Waals surface area contributed by atoms with E-state index in [9.17, 15) is 13.9 Å². The van der Waals surface area contributed by atoms with Gasteiger partial charge in [0, 0.05) is 35.4 Å². The number of anilines is 1. The van der Waals surface area contributed by atoms with Crippen LogP contribution in [0.2, 0.25) is 0 Å². The Morgan fingerprint density at radius 3 is 2.82 bits per heavy atom. The molecule has 0 amide bonds. The second kappa shape index (κ2) is 6.67. The van der Waals surface area contributed by atoms with Crippen LogP contribution in [0.1, 0.15) is 17.5 Å². The summed E-state index contributed by atoms with van der Waals surface area (Å²) in [6, 6.07) is 3.69. The third-order valence-electron chi connectivity index (χ3n) is 4.03. The number of aromatic nitrogens is 4. The zero-order valence-corrected chi connectivity index (χ0v) is 15.3. The molecule has 1 unspecified atom stereocenters. The number of halogens is 2. The number of rotatable bonds is 2. The zero-order valence-electron chi connectivity index (χ0n) is 14.5. The average molecular weight is 397 g/mol. The van der Waals surface area contributed by atoms with Crippen molar-refractivity contribution in [2.75, 3.05) is 5.73 Å². The zero-order chi connectivity index (χ0) is 19.9. The quantitative estimate of drug-likeness (QED) is 0.508. The van der Waals surface area contributed by atoms with Crippen LogP contribution in [0.15, 0.2) is 42.2 Å². The average Bonchev–Trinajstić information content (AvgIpc) is 3.31. The van der Waals surface area contributed by atoms with Crippen molar-refractivity contribution in [2.24, 2.45) is 0 Å². The van der Waals surface area contributed by atoms with Crippen LogP contribution in [0.4, 0.5) is 14.7 Å². The van der Waals surface area contributed by atoms with Gasteiger partial charge in [-0.3, -0.25) is 4.57 Å². The molecule has 0 radical (unpaired) electrons. The molecule has 0 saturated heterocycles. The molecule has 0 aliphatic carbocycles. The number of nitrogens with zero attached hydrogens (tertiary/aromatic N) is 4. The number of benzene rings is 1. The van der Waals surface area contributed by atoms with Gasteiger partial charge < -0.3 is 10.8 Å². The molecule has 3 heterocycles. The molecule has 140 valence electrons. The fraction of sp³-hybridized carbons (Fsp3) is 0.105. The number of thiazole rings is 1. The Morgan fingerprint density at radius 1 is 1.25 bits per heavy atom. The molecule has 3 aromatic heterocycles. The molecule has 0 saturated carbocycles. The Bertz CT molecular complexity index is 1240. The minimum Gasteiger partial charge on any atom is -0.371 e. The summed E-state index contributed by atoms with van der Waals surface area (Å²) in [4.78, 5) is 12.0. The van der Waals surface area contributed by atoms with Crippen molar-refractivity contribution in [2.45, 2.75) is 12.5 Å². The van der Waals surface area contributed by atoms with Crippen LogP contribution in [-0.2, 0) is 5.60 Å². The van der Waals surface area contributed by atoms with Crippen molar-refractivity contribution in [3.8, 4) is 17.5 Å². The van der Waals surface area contributed by atoms with Crippen molar-refractivity contribution >= 4 is 28.3 Å². The van der Waals surface area contributed by atoms with Crippen LogP contribution in [0, 0.1) is 23.5 Å². The van der Waals surface area contributed by atoms with Gasteiger partial charge in [-0.2, -0.15) is 4.98 Å². The van der Waals surface area contributed by atoms with Gasteiger partial charge >= 0.3 is 0 Å². The number of nitrogens with two attached hydrogens (primary N) is 1. The maximum absolute atomic E-state index is 14.5. The number of fused-ring (bicyclic) bond motifs is 1. The fourth-order valence-corrected chi connectivity index (χ4v) is 3.30. The minimum absolute atomic E-state index is 0.0366. The van der Waals surface area contributed by atoms with Crippen LogP contribution < -0.4 is 5.73 Å². The second-order valence-corrected chi connectivity index (χ2v) is 7.03.